The zero-order valence-corrected chi connectivity index (χ0v) is 20.9. The Labute approximate surface area is 206 Å². The number of aliphatic hydroxyl groups is 2. The second-order valence-electron chi connectivity index (χ2n) is 12.0. The maximum atomic E-state index is 12.5. The van der Waals surface area contributed by atoms with Crippen molar-refractivity contribution >= 4 is 17.6 Å². The number of hydrogen-bond donors (Lipinski definition) is 3. The number of aliphatic hydroxyl groups excluding tert-OH is 1. The van der Waals surface area contributed by atoms with Crippen LogP contribution in [0, 0.1) is 28.6 Å². The number of amides is 1. The Bertz CT molecular complexity index is 1000. The summed E-state index contributed by atoms with van der Waals surface area (Å²) < 4.78 is 0. The van der Waals surface area contributed by atoms with Gasteiger partial charge in [0.15, 0.2) is 6.61 Å². The number of aliphatic carboxylic acids is 1. The van der Waals surface area contributed by atoms with Gasteiger partial charge < -0.3 is 25.1 Å². The number of oxime groups is 1. The highest BCUT2D eigenvalue weighted by Gasteiger charge is 2.62. The average Bonchev–Trinajstić information content (AvgIpc) is 3.31. The van der Waals surface area contributed by atoms with E-state index in [9.17, 15) is 24.9 Å². The molecule has 0 aromatic carbocycles. The molecule has 0 radical (unpaired) electrons. The van der Waals surface area contributed by atoms with Crippen LogP contribution in [0.1, 0.15) is 65.7 Å². The smallest absolute Gasteiger partial charge is 0.326 e. The lowest BCUT2D eigenvalue weighted by atomic mass is 9.47. The summed E-state index contributed by atoms with van der Waals surface area (Å²) in [5.41, 5.74) is 1.39. The fraction of sp³-hybridized carbons (Fsp3) is 0.741. The molecule has 0 aromatic rings. The number of hydrogen-bond acceptors (Lipinski definition) is 6. The van der Waals surface area contributed by atoms with Crippen LogP contribution >= 0.6 is 0 Å². The summed E-state index contributed by atoms with van der Waals surface area (Å²) in [7, 11) is 0. The molecule has 4 fully saturated rings. The molecule has 0 unspecified atom stereocenters. The molecule has 35 heavy (non-hydrogen) atoms. The van der Waals surface area contributed by atoms with Crippen LogP contribution in [0.3, 0.4) is 0 Å². The van der Waals surface area contributed by atoms with E-state index in [4.69, 9.17) is 4.84 Å². The Morgan fingerprint density at radius 2 is 1.91 bits per heavy atom. The number of likely N-dealkylation sites (tertiary alicyclic amines) is 1. The van der Waals surface area contributed by atoms with Crippen LogP contribution in [-0.2, 0) is 14.4 Å². The molecule has 3 N–H and O–H groups in total. The number of fused-ring (bicyclic) bond motifs is 5. The molecular formula is C27H38N2O6. The third kappa shape index (κ3) is 3.84. The topological polar surface area (TPSA) is 120 Å². The summed E-state index contributed by atoms with van der Waals surface area (Å²) in [4.78, 5) is 30.3. The summed E-state index contributed by atoms with van der Waals surface area (Å²) in [6, 6.07) is -1.03. The lowest BCUT2D eigenvalue weighted by Gasteiger charge is -2.58. The first kappa shape index (κ1) is 24.5. The highest BCUT2D eigenvalue weighted by molar-refractivity contribution is 6.05. The Balaban J connectivity index is 1.25. The van der Waals surface area contributed by atoms with Crippen molar-refractivity contribution in [2.24, 2.45) is 33.7 Å². The molecule has 4 aliphatic carbocycles. The van der Waals surface area contributed by atoms with Gasteiger partial charge in [0.1, 0.15) is 11.8 Å². The van der Waals surface area contributed by atoms with Crippen molar-refractivity contribution < 1.29 is 29.7 Å². The molecule has 0 aromatic heterocycles. The molecular weight excluding hydrogens is 448 g/mol. The van der Waals surface area contributed by atoms with E-state index < -0.39 is 29.6 Å². The largest absolute Gasteiger partial charge is 0.480 e. The van der Waals surface area contributed by atoms with Gasteiger partial charge in [0, 0.05) is 18.4 Å². The quantitative estimate of drug-likeness (QED) is 0.526. The molecule has 8 atom stereocenters. The number of carbonyl (C=O) groups is 2. The van der Waals surface area contributed by atoms with Gasteiger partial charge in [-0.25, -0.2) is 4.79 Å². The van der Waals surface area contributed by atoms with E-state index in [0.29, 0.717) is 23.5 Å². The van der Waals surface area contributed by atoms with E-state index in [1.807, 2.05) is 13.0 Å². The van der Waals surface area contributed by atoms with Crippen LogP contribution in [0.4, 0.5) is 0 Å². The number of allylic oxidation sites excluding steroid dienone is 4. The monoisotopic (exact) mass is 486 g/mol. The second-order valence-corrected chi connectivity index (χ2v) is 12.0. The number of rotatable bonds is 4. The first-order valence-corrected chi connectivity index (χ1v) is 13.0. The van der Waals surface area contributed by atoms with Gasteiger partial charge in [-0.05, 0) is 80.8 Å². The highest BCUT2D eigenvalue weighted by Crippen LogP contribution is 2.66. The molecule has 1 heterocycles. The Morgan fingerprint density at radius 1 is 1.17 bits per heavy atom. The summed E-state index contributed by atoms with van der Waals surface area (Å²) in [5.74, 6) is 0.101. The van der Waals surface area contributed by atoms with Crippen LogP contribution in [0.2, 0.25) is 0 Å². The lowest BCUT2D eigenvalue weighted by Crippen LogP contribution is -2.53. The second kappa shape index (κ2) is 8.44. The van der Waals surface area contributed by atoms with E-state index in [2.05, 4.69) is 31.2 Å². The fourth-order valence-corrected chi connectivity index (χ4v) is 8.08. The molecule has 5 rings (SSSR count). The van der Waals surface area contributed by atoms with E-state index in [1.165, 1.54) is 5.57 Å². The van der Waals surface area contributed by atoms with Crippen LogP contribution in [0.5, 0.6) is 0 Å². The van der Waals surface area contributed by atoms with Gasteiger partial charge in [-0.1, -0.05) is 30.7 Å². The third-order valence-electron chi connectivity index (χ3n) is 10.4. The molecule has 0 spiro atoms. The van der Waals surface area contributed by atoms with Gasteiger partial charge in [-0.3, -0.25) is 4.79 Å². The van der Waals surface area contributed by atoms with Gasteiger partial charge in [-0.15, -0.1) is 0 Å². The van der Waals surface area contributed by atoms with Gasteiger partial charge in [-0.2, -0.15) is 0 Å². The molecule has 1 saturated heterocycles. The summed E-state index contributed by atoms with van der Waals surface area (Å²) in [6.07, 6.45) is 11.8. The first-order chi connectivity index (χ1) is 16.5. The van der Waals surface area contributed by atoms with E-state index in [-0.39, 0.29) is 30.4 Å². The molecule has 3 saturated carbocycles. The van der Waals surface area contributed by atoms with Gasteiger partial charge >= 0.3 is 5.97 Å². The van der Waals surface area contributed by atoms with E-state index in [0.717, 1.165) is 43.4 Å². The SMILES string of the molecule is C[C@]12C=C/C(=N\OCC(=O)N3C[C@H](O)C[C@H]3C(=O)O)C=C1CC[C@@H]1[C@@H]2CC[C@@]2(C)[C@H]1CC[C@]2(C)O. The molecule has 5 aliphatic rings. The molecule has 8 heteroatoms. The fourth-order valence-electron chi connectivity index (χ4n) is 8.08. The van der Waals surface area contributed by atoms with Crippen LogP contribution in [0.15, 0.2) is 29.0 Å². The number of carbonyl (C=O) groups excluding carboxylic acids is 1. The van der Waals surface area contributed by atoms with E-state index >= 15 is 0 Å². The minimum Gasteiger partial charge on any atom is -0.480 e. The predicted molar refractivity (Wildman–Crippen MR) is 129 cm³/mol. The van der Waals surface area contributed by atoms with E-state index in [1.54, 1.807) is 0 Å². The lowest BCUT2D eigenvalue weighted by molar-refractivity contribution is -0.150. The number of nitrogens with zero attached hydrogens (tertiary/aromatic N) is 2. The standard InChI is InChI=1S/C27H38N2O6/c1-25-9-6-17(28-35-15-23(31)29-14-18(30)13-22(29)24(32)33)12-16(25)4-5-19-20(25)7-10-26(2)21(19)8-11-27(26,3)34/h6,9,12,18-22,30,34H,4-5,7-8,10-11,13-15H2,1-3H3,(H,32,33)/b28-17+/t18-,19-,20+,21+,22+,25+,26+,27+/m1/s1. The normalized spacial score (nSPS) is 45.5. The van der Waals surface area contributed by atoms with Crippen LogP contribution in [-0.4, -0.2) is 68.7 Å². The van der Waals surface area contributed by atoms with Gasteiger partial charge in [0.25, 0.3) is 5.91 Å². The van der Waals surface area contributed by atoms with Crippen molar-refractivity contribution in [1.82, 2.24) is 4.90 Å². The van der Waals surface area contributed by atoms with Crippen LogP contribution in [0.25, 0.3) is 0 Å². The number of β-amino-alcohol motifs (C(OH)–C–C–N with tert-alkyl or cyclic N) is 1. The van der Waals surface area contributed by atoms with Crippen molar-refractivity contribution in [2.75, 3.05) is 13.2 Å². The van der Waals surface area contributed by atoms with Crippen molar-refractivity contribution in [2.45, 2.75) is 83.5 Å². The predicted octanol–water partition coefficient (Wildman–Crippen LogP) is 2.90. The van der Waals surface area contributed by atoms with Crippen molar-refractivity contribution in [3.63, 3.8) is 0 Å². The maximum Gasteiger partial charge on any atom is 0.326 e. The minimum absolute atomic E-state index is 0.00214. The van der Waals surface area contributed by atoms with Gasteiger partial charge in [0.2, 0.25) is 0 Å². The molecule has 0 bridgehead atoms. The van der Waals surface area contributed by atoms with Gasteiger partial charge in [0.05, 0.1) is 11.7 Å². The average molecular weight is 487 g/mol. The Hall–Kier alpha value is -2.19. The molecule has 192 valence electrons. The third-order valence-corrected chi connectivity index (χ3v) is 10.4. The summed E-state index contributed by atoms with van der Waals surface area (Å²) >= 11 is 0. The zero-order valence-electron chi connectivity index (χ0n) is 20.9. The Kier molecular flexibility index (Phi) is 5.91. The molecule has 8 nitrogen and oxygen atoms in total. The van der Waals surface area contributed by atoms with Crippen molar-refractivity contribution in [3.05, 3.63) is 23.8 Å². The molecule has 1 amide bonds. The number of carboxylic acid groups (broad SMARTS) is 1. The maximum absolute atomic E-state index is 12.5. The summed E-state index contributed by atoms with van der Waals surface area (Å²) in [6.45, 7) is 6.30. The van der Waals surface area contributed by atoms with Crippen molar-refractivity contribution in [3.8, 4) is 0 Å². The van der Waals surface area contributed by atoms with Crippen molar-refractivity contribution in [1.29, 1.82) is 0 Å². The minimum atomic E-state index is -1.12. The van der Waals surface area contributed by atoms with Crippen LogP contribution < -0.4 is 0 Å². The Morgan fingerprint density at radius 3 is 2.66 bits per heavy atom. The zero-order chi connectivity index (χ0) is 25.2. The summed E-state index contributed by atoms with van der Waals surface area (Å²) in [5, 5.41) is 34.3. The first-order valence-electron chi connectivity index (χ1n) is 13.0. The highest BCUT2D eigenvalue weighted by atomic mass is 16.6. The molecule has 1 aliphatic heterocycles. The number of carboxylic acids is 1.